The van der Waals surface area contributed by atoms with Crippen LogP contribution >= 0.6 is 0 Å². The maximum atomic E-state index is 12.8. The van der Waals surface area contributed by atoms with Crippen LogP contribution < -0.4 is 5.32 Å². The number of benzene rings is 2. The molecule has 1 amide bonds. The molecular weight excluding hydrogens is 394 g/mol. The Morgan fingerprint density at radius 1 is 0.935 bits per heavy atom. The highest BCUT2D eigenvalue weighted by atomic mass is 16.4. The lowest BCUT2D eigenvalue weighted by Gasteiger charge is -2.23. The zero-order valence-electron chi connectivity index (χ0n) is 17.7. The number of hydrogen-bond acceptors (Lipinski definition) is 3. The summed E-state index contributed by atoms with van der Waals surface area (Å²) in [6, 6.07) is 17.8. The van der Waals surface area contributed by atoms with E-state index in [0.29, 0.717) is 32.1 Å². The first-order valence-electron chi connectivity index (χ1n) is 10.7. The van der Waals surface area contributed by atoms with E-state index >= 15 is 0 Å². The normalized spacial score (nSPS) is 20.0. The lowest BCUT2D eigenvalue weighted by atomic mass is 9.94. The van der Waals surface area contributed by atoms with Gasteiger partial charge in [-0.1, -0.05) is 61.5 Å². The lowest BCUT2D eigenvalue weighted by Crippen LogP contribution is -2.41. The van der Waals surface area contributed by atoms with Gasteiger partial charge in [0.1, 0.15) is 0 Å². The molecule has 0 aromatic heterocycles. The van der Waals surface area contributed by atoms with Crippen molar-refractivity contribution in [2.45, 2.75) is 45.1 Å². The minimum Gasteiger partial charge on any atom is -0.481 e. The fourth-order valence-electron chi connectivity index (χ4n) is 4.23. The van der Waals surface area contributed by atoms with E-state index in [9.17, 15) is 24.6 Å². The highest BCUT2D eigenvalue weighted by molar-refractivity contribution is 5.81. The molecule has 0 spiro atoms. The predicted molar refractivity (Wildman–Crippen MR) is 117 cm³/mol. The molecule has 164 valence electrons. The van der Waals surface area contributed by atoms with E-state index in [4.69, 9.17) is 0 Å². The van der Waals surface area contributed by atoms with E-state index in [2.05, 4.69) is 5.32 Å². The topological polar surface area (TPSA) is 104 Å². The molecule has 3 N–H and O–H groups in total. The monoisotopic (exact) mass is 423 g/mol. The number of carbonyl (C=O) groups excluding carboxylic acids is 1. The van der Waals surface area contributed by atoms with Gasteiger partial charge in [-0.05, 0) is 48.8 Å². The molecule has 3 rings (SSSR count). The van der Waals surface area contributed by atoms with E-state index in [-0.39, 0.29) is 17.9 Å². The Bertz CT molecular complexity index is 909. The van der Waals surface area contributed by atoms with Gasteiger partial charge in [-0.2, -0.15) is 0 Å². The Labute approximate surface area is 182 Å². The molecule has 1 aliphatic carbocycles. The van der Waals surface area contributed by atoms with Crippen molar-refractivity contribution in [1.29, 1.82) is 0 Å². The van der Waals surface area contributed by atoms with Gasteiger partial charge in [0.25, 0.3) is 0 Å². The molecule has 31 heavy (non-hydrogen) atoms. The Kier molecular flexibility index (Phi) is 7.45. The molecule has 1 saturated carbocycles. The van der Waals surface area contributed by atoms with Gasteiger partial charge in [0.2, 0.25) is 5.91 Å². The summed E-state index contributed by atoms with van der Waals surface area (Å²) in [5.74, 6) is -3.33. The quantitative estimate of drug-likeness (QED) is 0.566. The Hall–Kier alpha value is -3.15. The van der Waals surface area contributed by atoms with Crippen LogP contribution in [0, 0.1) is 17.8 Å². The molecule has 0 radical (unpaired) electrons. The Balaban J connectivity index is 1.68. The second-order valence-corrected chi connectivity index (χ2v) is 8.49. The van der Waals surface area contributed by atoms with Gasteiger partial charge < -0.3 is 15.5 Å². The first kappa shape index (κ1) is 22.5. The van der Waals surface area contributed by atoms with Crippen LogP contribution in [0.4, 0.5) is 0 Å². The van der Waals surface area contributed by atoms with Crippen LogP contribution in [0.1, 0.15) is 38.2 Å². The maximum absolute atomic E-state index is 12.8. The highest BCUT2D eigenvalue weighted by Crippen LogP contribution is 2.31. The summed E-state index contributed by atoms with van der Waals surface area (Å²) < 4.78 is 0. The van der Waals surface area contributed by atoms with Gasteiger partial charge in [-0.25, -0.2) is 0 Å². The smallest absolute Gasteiger partial charge is 0.306 e. The number of rotatable bonds is 9. The van der Waals surface area contributed by atoms with Crippen LogP contribution in [0.15, 0.2) is 54.6 Å². The van der Waals surface area contributed by atoms with Crippen LogP contribution in [-0.2, 0) is 20.8 Å². The number of carboxylic acid groups (broad SMARTS) is 2. The first-order chi connectivity index (χ1) is 14.8. The van der Waals surface area contributed by atoms with E-state index in [1.54, 1.807) is 6.92 Å². The molecule has 6 nitrogen and oxygen atoms in total. The standard InChI is InChI=1S/C25H29NO5/c1-16(24(28)29)13-22(26-23(27)20-11-12-21(15-20)25(30)31)14-17-7-9-19(10-8-17)18-5-3-2-4-6-18/h2-10,16,20-22H,11-15H2,1H3,(H,26,27)(H,28,29)(H,30,31)/t16?,20-,21+,22?/m0/s1. The van der Waals surface area contributed by atoms with Gasteiger partial charge in [0.15, 0.2) is 0 Å². The van der Waals surface area contributed by atoms with Crippen molar-refractivity contribution in [3.05, 3.63) is 60.2 Å². The number of aliphatic carboxylic acids is 2. The van der Waals surface area contributed by atoms with Gasteiger partial charge in [-0.15, -0.1) is 0 Å². The second-order valence-electron chi connectivity index (χ2n) is 8.49. The van der Waals surface area contributed by atoms with E-state index in [1.807, 2.05) is 54.6 Å². The van der Waals surface area contributed by atoms with Gasteiger partial charge in [-0.3, -0.25) is 14.4 Å². The summed E-state index contributed by atoms with van der Waals surface area (Å²) >= 11 is 0. The minimum absolute atomic E-state index is 0.174. The molecule has 0 heterocycles. The summed E-state index contributed by atoms with van der Waals surface area (Å²) in [6.07, 6.45) is 2.23. The largest absolute Gasteiger partial charge is 0.481 e. The van der Waals surface area contributed by atoms with E-state index in [1.165, 1.54) is 0 Å². The lowest BCUT2D eigenvalue weighted by molar-refractivity contribution is -0.143. The van der Waals surface area contributed by atoms with Crippen molar-refractivity contribution in [2.75, 3.05) is 0 Å². The third-order valence-electron chi connectivity index (χ3n) is 6.10. The van der Waals surface area contributed by atoms with Crippen molar-refractivity contribution in [1.82, 2.24) is 5.32 Å². The molecule has 1 aliphatic rings. The minimum atomic E-state index is -0.898. The van der Waals surface area contributed by atoms with Crippen LogP contribution in [-0.4, -0.2) is 34.1 Å². The van der Waals surface area contributed by atoms with Crippen molar-refractivity contribution < 1.29 is 24.6 Å². The average Bonchev–Trinajstić information content (AvgIpc) is 3.25. The number of hydrogen-bond donors (Lipinski definition) is 3. The second kappa shape index (κ2) is 10.2. The SMILES string of the molecule is CC(CC(Cc1ccc(-c2ccccc2)cc1)NC(=O)[C@H]1CC[C@@H](C(=O)O)C1)C(=O)O. The molecule has 0 bridgehead atoms. The van der Waals surface area contributed by atoms with E-state index < -0.39 is 23.8 Å². The third kappa shape index (κ3) is 6.17. The van der Waals surface area contributed by atoms with E-state index in [0.717, 1.165) is 16.7 Å². The van der Waals surface area contributed by atoms with Gasteiger partial charge >= 0.3 is 11.9 Å². The van der Waals surface area contributed by atoms with Crippen LogP contribution in [0.3, 0.4) is 0 Å². The molecule has 0 aliphatic heterocycles. The molecule has 6 heteroatoms. The molecular formula is C25H29NO5. The van der Waals surface area contributed by atoms with Crippen molar-refractivity contribution in [2.24, 2.45) is 17.8 Å². The Morgan fingerprint density at radius 2 is 1.55 bits per heavy atom. The zero-order valence-corrected chi connectivity index (χ0v) is 17.7. The van der Waals surface area contributed by atoms with Crippen molar-refractivity contribution >= 4 is 17.8 Å². The third-order valence-corrected chi connectivity index (χ3v) is 6.10. The molecule has 2 aromatic rings. The predicted octanol–water partition coefficient (Wildman–Crippen LogP) is 3.99. The molecule has 4 atom stereocenters. The van der Waals surface area contributed by atoms with Crippen LogP contribution in [0.25, 0.3) is 11.1 Å². The maximum Gasteiger partial charge on any atom is 0.306 e. The number of amides is 1. The zero-order chi connectivity index (χ0) is 22.4. The summed E-state index contributed by atoms with van der Waals surface area (Å²) in [5, 5.41) is 21.5. The molecule has 1 fully saturated rings. The molecule has 0 saturated heterocycles. The van der Waals surface area contributed by atoms with Crippen molar-refractivity contribution in [3.63, 3.8) is 0 Å². The fourth-order valence-corrected chi connectivity index (χ4v) is 4.23. The highest BCUT2D eigenvalue weighted by Gasteiger charge is 2.34. The summed E-state index contributed by atoms with van der Waals surface area (Å²) in [4.78, 5) is 35.3. The summed E-state index contributed by atoms with van der Waals surface area (Å²) in [7, 11) is 0. The molecule has 2 aromatic carbocycles. The molecule has 2 unspecified atom stereocenters. The number of carbonyl (C=O) groups is 3. The van der Waals surface area contributed by atoms with Crippen LogP contribution in [0.5, 0.6) is 0 Å². The Morgan fingerprint density at radius 3 is 2.13 bits per heavy atom. The summed E-state index contributed by atoms with van der Waals surface area (Å²) in [6.45, 7) is 1.63. The average molecular weight is 424 g/mol. The number of carboxylic acids is 2. The number of nitrogens with one attached hydrogen (secondary N) is 1. The van der Waals surface area contributed by atoms with Crippen LogP contribution in [0.2, 0.25) is 0 Å². The van der Waals surface area contributed by atoms with Gasteiger partial charge in [0.05, 0.1) is 11.8 Å². The first-order valence-corrected chi connectivity index (χ1v) is 10.7. The summed E-state index contributed by atoms with van der Waals surface area (Å²) in [5.41, 5.74) is 3.22. The van der Waals surface area contributed by atoms with Gasteiger partial charge in [0, 0.05) is 12.0 Å². The van der Waals surface area contributed by atoms with Crippen molar-refractivity contribution in [3.8, 4) is 11.1 Å². The fraction of sp³-hybridized carbons (Fsp3) is 0.400.